The average molecular weight is 262 g/mol. The first-order valence-corrected chi connectivity index (χ1v) is 6.95. The summed E-state index contributed by atoms with van der Waals surface area (Å²) in [6, 6.07) is 6.57. The van der Waals surface area contributed by atoms with Crippen LogP contribution < -0.4 is 10.6 Å². The summed E-state index contributed by atoms with van der Waals surface area (Å²) in [6.45, 7) is 4.29. The Kier molecular flexibility index (Phi) is 4.80. The van der Waals surface area contributed by atoms with Crippen LogP contribution in [0.1, 0.15) is 26.2 Å². The fourth-order valence-electron chi connectivity index (χ4n) is 2.63. The molecule has 2 rings (SSSR count). The van der Waals surface area contributed by atoms with Crippen LogP contribution >= 0.6 is 0 Å². The number of rotatable bonds is 4. The highest BCUT2D eigenvalue weighted by Gasteiger charge is 2.21. The summed E-state index contributed by atoms with van der Waals surface area (Å²) < 4.78 is 0. The molecule has 1 saturated heterocycles. The molecule has 0 spiro atoms. The van der Waals surface area contributed by atoms with Gasteiger partial charge in [0.25, 0.3) is 0 Å². The minimum absolute atomic E-state index is 0.0525. The highest BCUT2D eigenvalue weighted by atomic mass is 16.3. The summed E-state index contributed by atoms with van der Waals surface area (Å²) in [7, 11) is 0. The van der Waals surface area contributed by atoms with Gasteiger partial charge in [0.2, 0.25) is 5.91 Å². The van der Waals surface area contributed by atoms with Crippen LogP contribution in [-0.2, 0) is 4.79 Å². The van der Waals surface area contributed by atoms with E-state index in [4.69, 9.17) is 0 Å². The molecule has 0 bridgehead atoms. The first-order chi connectivity index (χ1) is 9.15. The number of amides is 1. The van der Waals surface area contributed by atoms with E-state index in [0.29, 0.717) is 18.3 Å². The van der Waals surface area contributed by atoms with Crippen molar-refractivity contribution in [2.24, 2.45) is 11.8 Å². The summed E-state index contributed by atoms with van der Waals surface area (Å²) in [4.78, 5) is 12.0. The Bertz CT molecular complexity index is 411. The highest BCUT2D eigenvalue weighted by molar-refractivity contribution is 5.90. The Hall–Kier alpha value is -1.55. The molecule has 19 heavy (non-hydrogen) atoms. The molecule has 1 aromatic carbocycles. The molecule has 1 aliphatic heterocycles. The summed E-state index contributed by atoms with van der Waals surface area (Å²) >= 11 is 0. The third-order valence-electron chi connectivity index (χ3n) is 3.85. The van der Waals surface area contributed by atoms with Crippen molar-refractivity contribution in [3.05, 3.63) is 24.3 Å². The third-order valence-corrected chi connectivity index (χ3v) is 3.85. The van der Waals surface area contributed by atoms with Gasteiger partial charge in [0.15, 0.2) is 0 Å². The van der Waals surface area contributed by atoms with E-state index in [9.17, 15) is 9.90 Å². The lowest BCUT2D eigenvalue weighted by Gasteiger charge is -2.27. The van der Waals surface area contributed by atoms with Gasteiger partial charge in [-0.25, -0.2) is 0 Å². The molecule has 1 aliphatic rings. The number of benzene rings is 1. The number of carbonyl (C=O) groups is 1. The van der Waals surface area contributed by atoms with Crippen LogP contribution in [0.2, 0.25) is 0 Å². The molecular formula is C15H22N2O2. The molecule has 4 heteroatoms. The van der Waals surface area contributed by atoms with Crippen molar-refractivity contribution in [1.82, 2.24) is 5.32 Å². The van der Waals surface area contributed by atoms with Gasteiger partial charge < -0.3 is 15.7 Å². The van der Waals surface area contributed by atoms with Gasteiger partial charge in [-0.05, 0) is 62.0 Å². The van der Waals surface area contributed by atoms with Crippen LogP contribution in [0, 0.1) is 11.8 Å². The minimum atomic E-state index is 0.0525. The smallest absolute Gasteiger partial charge is 0.224 e. The number of phenolic OH excluding ortho intramolecular Hbond substituents is 1. The van der Waals surface area contributed by atoms with E-state index < -0.39 is 0 Å². The van der Waals surface area contributed by atoms with Gasteiger partial charge in [-0.1, -0.05) is 6.92 Å². The lowest BCUT2D eigenvalue weighted by Crippen LogP contribution is -2.32. The fourth-order valence-corrected chi connectivity index (χ4v) is 2.63. The van der Waals surface area contributed by atoms with Gasteiger partial charge in [-0.3, -0.25) is 4.79 Å². The summed E-state index contributed by atoms with van der Waals surface area (Å²) in [5.41, 5.74) is 0.736. The molecule has 0 aromatic heterocycles. The first kappa shape index (κ1) is 13.9. The average Bonchev–Trinajstić information content (AvgIpc) is 2.42. The van der Waals surface area contributed by atoms with Crippen LogP contribution in [0.4, 0.5) is 5.69 Å². The van der Waals surface area contributed by atoms with Crippen molar-refractivity contribution >= 4 is 11.6 Å². The van der Waals surface area contributed by atoms with Crippen molar-refractivity contribution in [2.45, 2.75) is 26.2 Å². The lowest BCUT2D eigenvalue weighted by atomic mass is 9.84. The second-order valence-electron chi connectivity index (χ2n) is 5.36. The van der Waals surface area contributed by atoms with Crippen LogP contribution in [0.25, 0.3) is 0 Å². The van der Waals surface area contributed by atoms with Gasteiger partial charge >= 0.3 is 0 Å². The number of hydrogen-bond donors (Lipinski definition) is 3. The number of phenols is 1. The zero-order valence-electron chi connectivity index (χ0n) is 11.4. The molecular weight excluding hydrogens is 240 g/mol. The van der Waals surface area contributed by atoms with Gasteiger partial charge in [0.05, 0.1) is 0 Å². The number of hydrogen-bond acceptors (Lipinski definition) is 3. The summed E-state index contributed by atoms with van der Waals surface area (Å²) in [5, 5.41) is 15.4. The zero-order chi connectivity index (χ0) is 13.7. The predicted octanol–water partition coefficient (Wildman–Crippen LogP) is 2.36. The molecule has 1 aromatic rings. The maximum atomic E-state index is 12.0. The molecule has 1 fully saturated rings. The van der Waals surface area contributed by atoms with E-state index in [-0.39, 0.29) is 11.7 Å². The second-order valence-corrected chi connectivity index (χ2v) is 5.36. The van der Waals surface area contributed by atoms with E-state index in [1.807, 2.05) is 0 Å². The maximum Gasteiger partial charge on any atom is 0.224 e. The van der Waals surface area contributed by atoms with E-state index in [1.165, 1.54) is 0 Å². The molecule has 1 unspecified atom stereocenters. The largest absolute Gasteiger partial charge is 0.508 e. The fraction of sp³-hybridized carbons (Fsp3) is 0.533. The third kappa shape index (κ3) is 4.24. The molecule has 0 aliphatic carbocycles. The van der Waals surface area contributed by atoms with E-state index in [1.54, 1.807) is 24.3 Å². The summed E-state index contributed by atoms with van der Waals surface area (Å²) in [6.07, 6.45) is 2.88. The number of anilines is 1. The van der Waals surface area contributed by atoms with Crippen LogP contribution in [-0.4, -0.2) is 24.1 Å². The Morgan fingerprint density at radius 1 is 1.37 bits per heavy atom. The van der Waals surface area contributed by atoms with Crippen molar-refractivity contribution in [1.29, 1.82) is 0 Å². The van der Waals surface area contributed by atoms with Crippen molar-refractivity contribution in [2.75, 3.05) is 18.4 Å². The van der Waals surface area contributed by atoms with Gasteiger partial charge in [0.1, 0.15) is 5.75 Å². The van der Waals surface area contributed by atoms with Crippen LogP contribution in [0.15, 0.2) is 24.3 Å². The van der Waals surface area contributed by atoms with Crippen molar-refractivity contribution in [3.63, 3.8) is 0 Å². The van der Waals surface area contributed by atoms with Crippen LogP contribution in [0.3, 0.4) is 0 Å². The monoisotopic (exact) mass is 262 g/mol. The topological polar surface area (TPSA) is 61.4 Å². The number of piperidine rings is 1. The molecule has 0 saturated carbocycles. The van der Waals surface area contributed by atoms with Gasteiger partial charge in [-0.2, -0.15) is 0 Å². The van der Waals surface area contributed by atoms with E-state index in [0.717, 1.165) is 31.6 Å². The van der Waals surface area contributed by atoms with Crippen molar-refractivity contribution < 1.29 is 9.90 Å². The number of aromatic hydroxyl groups is 1. The normalized spacial score (nSPS) is 17.9. The molecule has 1 atom stereocenters. The standard InChI is InChI=1S/C15H22N2O2/c1-11(12-6-8-16-9-7-12)10-15(19)17-13-2-4-14(18)5-3-13/h2-5,11-12,16,18H,6-10H2,1H3,(H,17,19). The Labute approximate surface area is 114 Å². The van der Waals surface area contributed by atoms with Gasteiger partial charge in [-0.15, -0.1) is 0 Å². The van der Waals surface area contributed by atoms with Crippen molar-refractivity contribution in [3.8, 4) is 5.75 Å². The summed E-state index contributed by atoms with van der Waals surface area (Å²) in [5.74, 6) is 1.32. The molecule has 0 radical (unpaired) electrons. The molecule has 4 nitrogen and oxygen atoms in total. The Balaban J connectivity index is 1.81. The number of carbonyl (C=O) groups excluding carboxylic acids is 1. The van der Waals surface area contributed by atoms with E-state index >= 15 is 0 Å². The first-order valence-electron chi connectivity index (χ1n) is 6.95. The molecule has 3 N–H and O–H groups in total. The predicted molar refractivity (Wildman–Crippen MR) is 76.1 cm³/mol. The van der Waals surface area contributed by atoms with Crippen LogP contribution in [0.5, 0.6) is 5.75 Å². The maximum absolute atomic E-state index is 12.0. The Morgan fingerprint density at radius 3 is 2.63 bits per heavy atom. The highest BCUT2D eigenvalue weighted by Crippen LogP contribution is 2.24. The number of nitrogens with one attached hydrogen (secondary N) is 2. The zero-order valence-corrected chi connectivity index (χ0v) is 11.4. The molecule has 104 valence electrons. The molecule has 1 heterocycles. The Morgan fingerprint density at radius 2 is 2.00 bits per heavy atom. The lowest BCUT2D eigenvalue weighted by molar-refractivity contribution is -0.117. The minimum Gasteiger partial charge on any atom is -0.508 e. The SMILES string of the molecule is CC(CC(=O)Nc1ccc(O)cc1)C1CCNCC1. The quantitative estimate of drug-likeness (QED) is 0.730. The second kappa shape index (κ2) is 6.57. The van der Waals surface area contributed by atoms with E-state index in [2.05, 4.69) is 17.6 Å². The van der Waals surface area contributed by atoms with Gasteiger partial charge in [0, 0.05) is 12.1 Å². The molecule has 1 amide bonds.